The molecule has 48 heavy (non-hydrogen) atoms. The van der Waals surface area contributed by atoms with E-state index in [9.17, 15) is 67.1 Å². The summed E-state index contributed by atoms with van der Waals surface area (Å²) in [4.78, 5) is 38.5. The van der Waals surface area contributed by atoms with Crippen LogP contribution in [-0.2, 0) is 14.2 Å². The molecule has 0 unspecified atom stereocenters. The van der Waals surface area contributed by atoms with Gasteiger partial charge in [-0.15, -0.1) is 0 Å². The lowest BCUT2D eigenvalue weighted by atomic mass is 10.2. The van der Waals surface area contributed by atoms with Gasteiger partial charge < -0.3 is 39.3 Å². The van der Waals surface area contributed by atoms with E-state index < -0.39 is 54.7 Å². The average molecular weight is 735 g/mol. The van der Waals surface area contributed by atoms with Gasteiger partial charge in [0.05, 0.1) is 0 Å². The molecule has 2 fully saturated rings. The summed E-state index contributed by atoms with van der Waals surface area (Å²) < 4.78 is 154. The first kappa shape index (κ1) is 44.9. The van der Waals surface area contributed by atoms with Crippen molar-refractivity contribution in [2.75, 3.05) is 52.4 Å². The number of nitrogens with one attached hydrogen (secondary N) is 1. The topological polar surface area (TPSA) is 121 Å². The van der Waals surface area contributed by atoms with E-state index in [1.165, 1.54) is 4.90 Å². The quantitative estimate of drug-likeness (QED) is 0.269. The lowest BCUT2D eigenvalue weighted by Gasteiger charge is -2.35. The molecule has 0 atom stereocenters. The smallest absolute Gasteiger partial charge is 0.434 e. The first-order valence-electron chi connectivity index (χ1n) is 13.8. The summed E-state index contributed by atoms with van der Waals surface area (Å²) in [5.41, 5.74) is -1.15. The maximum absolute atomic E-state index is 12.4. The highest BCUT2D eigenvalue weighted by molar-refractivity contribution is 5.70. The van der Waals surface area contributed by atoms with Crippen molar-refractivity contribution in [2.24, 2.45) is 0 Å². The summed E-state index contributed by atoms with van der Waals surface area (Å²) in [6.45, 7) is 13.0. The predicted octanol–water partition coefficient (Wildman–Crippen LogP) is 5.47. The number of hydrogen-bond acceptors (Lipinski definition) is 8. The first-order chi connectivity index (χ1) is 21.3. The Morgan fingerprint density at radius 3 is 1.08 bits per heavy atom. The van der Waals surface area contributed by atoms with Crippen molar-refractivity contribution in [3.63, 3.8) is 0 Å². The number of carbonyl (C=O) groups is 3. The zero-order valence-corrected chi connectivity index (χ0v) is 26.6. The van der Waals surface area contributed by atoms with E-state index in [1.54, 1.807) is 25.7 Å². The second-order valence-electron chi connectivity index (χ2n) is 12.0. The summed E-state index contributed by atoms with van der Waals surface area (Å²) in [6, 6.07) is 0. The Labute approximate surface area is 267 Å². The van der Waals surface area contributed by atoms with Crippen LogP contribution in [0.5, 0.6) is 0 Å². The van der Waals surface area contributed by atoms with Gasteiger partial charge in [-0.25, -0.2) is 14.4 Å². The average Bonchev–Trinajstić information content (AvgIpc) is 2.88. The lowest BCUT2D eigenvalue weighted by Crippen LogP contribution is -2.54. The zero-order chi connectivity index (χ0) is 38.1. The van der Waals surface area contributed by atoms with Crippen molar-refractivity contribution >= 4 is 18.3 Å². The molecular weight excluding hydrogens is 696 g/mol. The molecule has 2 saturated heterocycles. The molecule has 0 aromatic heterocycles. The van der Waals surface area contributed by atoms with E-state index in [0.717, 1.165) is 26.2 Å². The Morgan fingerprint density at radius 1 is 0.542 bits per heavy atom. The van der Waals surface area contributed by atoms with Crippen LogP contribution < -0.4 is 5.32 Å². The van der Waals surface area contributed by atoms with Crippen LogP contribution in [0.4, 0.5) is 67.1 Å². The number of ether oxygens (including phenoxy) is 3. The Hall–Kier alpha value is -3.11. The van der Waals surface area contributed by atoms with E-state index in [4.69, 9.17) is 14.6 Å². The van der Waals surface area contributed by atoms with Gasteiger partial charge in [0, 0.05) is 52.4 Å². The van der Waals surface area contributed by atoms with Crippen LogP contribution in [0.3, 0.4) is 0 Å². The number of alkyl halides is 12. The minimum atomic E-state index is -5.77. The zero-order valence-electron chi connectivity index (χ0n) is 26.6. The van der Waals surface area contributed by atoms with Gasteiger partial charge in [0.25, 0.3) is 6.10 Å². The van der Waals surface area contributed by atoms with Gasteiger partial charge >= 0.3 is 43.0 Å². The monoisotopic (exact) mass is 734 g/mol. The van der Waals surface area contributed by atoms with E-state index in [0.29, 0.717) is 4.90 Å². The van der Waals surface area contributed by atoms with Crippen molar-refractivity contribution in [2.45, 2.75) is 89.7 Å². The third-order valence-corrected chi connectivity index (χ3v) is 5.39. The van der Waals surface area contributed by atoms with Gasteiger partial charge in [-0.05, 0) is 41.5 Å². The molecule has 2 aliphatic heterocycles. The summed E-state index contributed by atoms with van der Waals surface area (Å²) in [6.07, 6.45) is -33.9. The first-order valence-corrected chi connectivity index (χ1v) is 13.8. The van der Waals surface area contributed by atoms with Crippen molar-refractivity contribution < 1.29 is 86.4 Å². The van der Waals surface area contributed by atoms with E-state index in [1.807, 2.05) is 20.8 Å². The van der Waals surface area contributed by atoms with E-state index in [2.05, 4.69) is 10.1 Å². The number of piperazine rings is 2. The second kappa shape index (κ2) is 17.0. The van der Waals surface area contributed by atoms with Crippen LogP contribution in [0, 0.1) is 0 Å². The number of halogens is 12. The lowest BCUT2D eigenvalue weighted by molar-refractivity contribution is -0.309. The van der Waals surface area contributed by atoms with Crippen molar-refractivity contribution in [1.82, 2.24) is 20.0 Å². The molecule has 0 aliphatic carbocycles. The molecule has 0 bridgehead atoms. The van der Waals surface area contributed by atoms with Gasteiger partial charge in [0.2, 0.25) is 6.10 Å². The fourth-order valence-corrected chi connectivity index (χ4v) is 3.25. The number of rotatable bonds is 1. The van der Waals surface area contributed by atoms with Gasteiger partial charge in [0.15, 0.2) is 0 Å². The second-order valence-corrected chi connectivity index (χ2v) is 12.0. The highest BCUT2D eigenvalue weighted by atomic mass is 19.4. The molecule has 2 heterocycles. The Balaban J connectivity index is 0.000000797. The highest BCUT2D eigenvalue weighted by Gasteiger charge is 2.60. The van der Waals surface area contributed by atoms with E-state index >= 15 is 0 Å². The molecule has 0 radical (unpaired) electrons. The fourth-order valence-electron chi connectivity index (χ4n) is 3.25. The number of amides is 3. The van der Waals surface area contributed by atoms with Crippen LogP contribution in [0.15, 0.2) is 0 Å². The summed E-state index contributed by atoms with van der Waals surface area (Å²) in [5.74, 6) is 0. The molecule has 2 N–H and O–H groups in total. The number of hydrogen-bond donors (Lipinski definition) is 2. The Kier molecular flexibility index (Phi) is 15.9. The minimum Gasteiger partial charge on any atom is -0.444 e. The number of carbonyl (C=O) groups excluding carboxylic acids is 3. The predicted molar refractivity (Wildman–Crippen MR) is 141 cm³/mol. The van der Waals surface area contributed by atoms with Gasteiger partial charge in [0.1, 0.15) is 11.2 Å². The van der Waals surface area contributed by atoms with Gasteiger partial charge in [-0.2, -0.15) is 52.7 Å². The minimum absolute atomic E-state index is 0.104. The standard InChI is InChI=1S/C13H18F6N2O4.C9H18N2O2.C3H2F6O/c1-11(2,3)25-10(23)21-6-4-20(5-7-21)9(22)24-8(12(14,15)16)13(17,18)19;1-9(2,3)13-8(12)11-6-4-10-5-7-11;4-2(5,6)1(10)3(7,8)9/h8H,4-7H2,1-3H3;10H,4-7H2,1-3H3;1,10H. The van der Waals surface area contributed by atoms with Crippen LogP contribution in [0.1, 0.15) is 41.5 Å². The Bertz CT molecular complexity index is 997. The van der Waals surface area contributed by atoms with Crippen molar-refractivity contribution in [3.05, 3.63) is 0 Å². The molecule has 11 nitrogen and oxygen atoms in total. The van der Waals surface area contributed by atoms with Crippen LogP contribution in [0.2, 0.25) is 0 Å². The molecule has 3 amide bonds. The van der Waals surface area contributed by atoms with Crippen molar-refractivity contribution in [1.29, 1.82) is 0 Å². The SMILES string of the molecule is CC(C)(C)OC(=O)N1CCN(C(=O)OC(C(F)(F)F)C(F)(F)F)CC1.CC(C)(C)OC(=O)N1CCNCC1.OC(C(F)(F)F)C(F)(F)F. The fraction of sp³-hybridized carbons (Fsp3) is 0.880. The largest absolute Gasteiger partial charge is 0.444 e. The number of aliphatic hydroxyl groups is 1. The summed E-state index contributed by atoms with van der Waals surface area (Å²) in [5, 5.41) is 10.7. The summed E-state index contributed by atoms with van der Waals surface area (Å²) >= 11 is 0. The maximum atomic E-state index is 12.4. The molecule has 0 aromatic rings. The number of aliphatic hydroxyl groups excluding tert-OH is 1. The van der Waals surface area contributed by atoms with Crippen molar-refractivity contribution in [3.8, 4) is 0 Å². The van der Waals surface area contributed by atoms with Gasteiger partial charge in [-0.1, -0.05) is 0 Å². The molecule has 2 aliphatic rings. The molecule has 2 rings (SSSR count). The van der Waals surface area contributed by atoms with Crippen LogP contribution in [0.25, 0.3) is 0 Å². The molecule has 0 spiro atoms. The Morgan fingerprint density at radius 2 is 0.833 bits per heavy atom. The number of nitrogens with zero attached hydrogens (tertiary/aromatic N) is 3. The normalized spacial score (nSPS) is 16.8. The summed E-state index contributed by atoms with van der Waals surface area (Å²) in [7, 11) is 0. The third-order valence-electron chi connectivity index (χ3n) is 5.39. The molecule has 0 aromatic carbocycles. The highest BCUT2D eigenvalue weighted by Crippen LogP contribution is 2.36. The third kappa shape index (κ3) is 17.9. The molecule has 0 saturated carbocycles. The van der Waals surface area contributed by atoms with E-state index in [-0.39, 0.29) is 37.9 Å². The molecule has 23 heteroatoms. The molecule has 284 valence electrons. The molecular formula is C25H38F12N4O7. The van der Waals surface area contributed by atoms with Crippen LogP contribution >= 0.6 is 0 Å². The van der Waals surface area contributed by atoms with Crippen LogP contribution in [-0.4, -0.2) is 139 Å². The maximum Gasteiger partial charge on any atom is 0.434 e. The van der Waals surface area contributed by atoms with Gasteiger partial charge in [-0.3, -0.25) is 0 Å².